The summed E-state index contributed by atoms with van der Waals surface area (Å²) in [5.74, 6) is 2.01. The Balaban J connectivity index is 1.83. The van der Waals surface area contributed by atoms with E-state index >= 15 is 0 Å². The number of benzene rings is 1. The molecule has 5 heteroatoms. The zero-order valence-electron chi connectivity index (χ0n) is 12.0. The van der Waals surface area contributed by atoms with Gasteiger partial charge in [-0.2, -0.15) is 0 Å². The van der Waals surface area contributed by atoms with E-state index < -0.39 is 0 Å². The van der Waals surface area contributed by atoms with Crippen molar-refractivity contribution >= 4 is 5.91 Å². The summed E-state index contributed by atoms with van der Waals surface area (Å²) in [6, 6.07) is 5.86. The zero-order chi connectivity index (χ0) is 14.4. The lowest BCUT2D eigenvalue weighted by atomic mass is 9.96. The summed E-state index contributed by atoms with van der Waals surface area (Å²) in [4.78, 5) is 11.5. The Morgan fingerprint density at radius 3 is 3.05 bits per heavy atom. The van der Waals surface area contributed by atoms with Crippen molar-refractivity contribution in [2.75, 3.05) is 34.0 Å². The van der Waals surface area contributed by atoms with Crippen LogP contribution in [-0.2, 0) is 16.0 Å². The first kappa shape index (κ1) is 14.7. The monoisotopic (exact) mass is 279 g/mol. The van der Waals surface area contributed by atoms with Crippen LogP contribution >= 0.6 is 0 Å². The summed E-state index contributed by atoms with van der Waals surface area (Å²) < 4.78 is 15.8. The van der Waals surface area contributed by atoms with Crippen LogP contribution in [0.4, 0.5) is 0 Å². The number of nitrogens with one attached hydrogen (secondary N) is 1. The fourth-order valence-corrected chi connectivity index (χ4v) is 2.21. The molecule has 1 N–H and O–H groups in total. The maximum atomic E-state index is 11.5. The van der Waals surface area contributed by atoms with Crippen molar-refractivity contribution in [3.63, 3.8) is 0 Å². The minimum Gasteiger partial charge on any atom is -0.497 e. The lowest BCUT2D eigenvalue weighted by Gasteiger charge is -2.25. The van der Waals surface area contributed by atoms with Gasteiger partial charge in [0.05, 0.1) is 20.3 Å². The highest BCUT2D eigenvalue weighted by molar-refractivity contribution is 5.75. The number of amides is 1. The molecule has 0 fully saturated rings. The van der Waals surface area contributed by atoms with Crippen LogP contribution in [0, 0.1) is 5.92 Å². The Morgan fingerprint density at radius 1 is 1.45 bits per heavy atom. The van der Waals surface area contributed by atoms with Crippen LogP contribution in [0.15, 0.2) is 18.2 Å². The van der Waals surface area contributed by atoms with Crippen molar-refractivity contribution in [2.24, 2.45) is 5.92 Å². The van der Waals surface area contributed by atoms with Crippen molar-refractivity contribution in [3.05, 3.63) is 23.8 Å². The second-order valence-corrected chi connectivity index (χ2v) is 4.90. The van der Waals surface area contributed by atoms with E-state index in [4.69, 9.17) is 14.2 Å². The SMILES string of the molecule is COCCC(=O)NC[C@H]1COc2cc(OC)ccc2C1. The van der Waals surface area contributed by atoms with Gasteiger partial charge < -0.3 is 19.5 Å². The minimum atomic E-state index is 0.0207. The van der Waals surface area contributed by atoms with E-state index in [1.807, 2.05) is 18.2 Å². The predicted octanol–water partition coefficient (Wildman–Crippen LogP) is 1.40. The molecule has 0 bridgehead atoms. The average Bonchev–Trinajstić information content (AvgIpc) is 2.50. The Bertz CT molecular complexity index is 461. The quantitative estimate of drug-likeness (QED) is 0.855. The molecular weight excluding hydrogens is 258 g/mol. The normalized spacial score (nSPS) is 17.0. The van der Waals surface area contributed by atoms with E-state index in [9.17, 15) is 4.79 Å². The third-order valence-electron chi connectivity index (χ3n) is 3.38. The van der Waals surface area contributed by atoms with Crippen LogP contribution in [0.2, 0.25) is 0 Å². The van der Waals surface area contributed by atoms with Gasteiger partial charge in [0.1, 0.15) is 11.5 Å². The Hall–Kier alpha value is -1.75. The molecular formula is C15H21NO4. The number of fused-ring (bicyclic) bond motifs is 1. The molecule has 0 aromatic heterocycles. The Kier molecular flexibility index (Phi) is 5.24. The summed E-state index contributed by atoms with van der Waals surface area (Å²) >= 11 is 0. The first-order valence-corrected chi connectivity index (χ1v) is 6.78. The van der Waals surface area contributed by atoms with Gasteiger partial charge in [0.2, 0.25) is 5.91 Å². The van der Waals surface area contributed by atoms with E-state index in [0.29, 0.717) is 32.1 Å². The van der Waals surface area contributed by atoms with Crippen LogP contribution in [0.5, 0.6) is 11.5 Å². The number of ether oxygens (including phenoxy) is 3. The molecule has 1 amide bonds. The van der Waals surface area contributed by atoms with Crippen LogP contribution in [0.3, 0.4) is 0 Å². The second kappa shape index (κ2) is 7.14. The molecule has 0 saturated carbocycles. The van der Waals surface area contributed by atoms with Gasteiger partial charge in [0.25, 0.3) is 0 Å². The summed E-state index contributed by atoms with van der Waals surface area (Å²) in [5, 5.41) is 2.92. The van der Waals surface area contributed by atoms with E-state index in [1.165, 1.54) is 0 Å². The molecule has 0 unspecified atom stereocenters. The highest BCUT2D eigenvalue weighted by atomic mass is 16.5. The molecule has 1 aliphatic rings. The number of methoxy groups -OCH3 is 2. The number of hydrogen-bond donors (Lipinski definition) is 1. The lowest BCUT2D eigenvalue weighted by Crippen LogP contribution is -2.35. The van der Waals surface area contributed by atoms with Crippen molar-refractivity contribution in [1.82, 2.24) is 5.32 Å². The fourth-order valence-electron chi connectivity index (χ4n) is 2.21. The molecule has 1 heterocycles. The third kappa shape index (κ3) is 3.87. The van der Waals surface area contributed by atoms with E-state index in [-0.39, 0.29) is 5.91 Å². The van der Waals surface area contributed by atoms with Gasteiger partial charge in [-0.3, -0.25) is 4.79 Å². The third-order valence-corrected chi connectivity index (χ3v) is 3.38. The summed E-state index contributed by atoms with van der Waals surface area (Å²) in [7, 11) is 3.23. The maximum absolute atomic E-state index is 11.5. The molecule has 110 valence electrons. The topological polar surface area (TPSA) is 56.8 Å². The molecule has 0 spiro atoms. The number of hydrogen-bond acceptors (Lipinski definition) is 4. The number of carbonyl (C=O) groups is 1. The molecule has 0 saturated heterocycles. The highest BCUT2D eigenvalue weighted by Crippen LogP contribution is 2.30. The molecule has 5 nitrogen and oxygen atoms in total. The van der Waals surface area contributed by atoms with E-state index in [2.05, 4.69) is 5.32 Å². The van der Waals surface area contributed by atoms with Gasteiger partial charge in [0.15, 0.2) is 0 Å². The van der Waals surface area contributed by atoms with Gasteiger partial charge >= 0.3 is 0 Å². The largest absolute Gasteiger partial charge is 0.497 e. The van der Waals surface area contributed by atoms with Crippen molar-refractivity contribution in [1.29, 1.82) is 0 Å². The standard InChI is InChI=1S/C15H21NO4/c1-18-6-5-15(17)16-9-11-7-12-3-4-13(19-2)8-14(12)20-10-11/h3-4,8,11H,5-7,9-10H2,1-2H3,(H,16,17)/t11-/m0/s1. The first-order valence-electron chi connectivity index (χ1n) is 6.78. The molecule has 1 aromatic carbocycles. The maximum Gasteiger partial charge on any atom is 0.222 e. The predicted molar refractivity (Wildman–Crippen MR) is 75.2 cm³/mol. The van der Waals surface area contributed by atoms with Gasteiger partial charge in [-0.15, -0.1) is 0 Å². The Morgan fingerprint density at radius 2 is 2.30 bits per heavy atom. The van der Waals surface area contributed by atoms with E-state index in [1.54, 1.807) is 14.2 Å². The molecule has 2 rings (SSSR count). The van der Waals surface area contributed by atoms with Crippen LogP contribution in [0.1, 0.15) is 12.0 Å². The smallest absolute Gasteiger partial charge is 0.222 e. The second-order valence-electron chi connectivity index (χ2n) is 4.90. The van der Waals surface area contributed by atoms with Gasteiger partial charge in [-0.05, 0) is 18.1 Å². The first-order chi connectivity index (χ1) is 9.72. The average molecular weight is 279 g/mol. The summed E-state index contributed by atoms with van der Waals surface area (Å²) in [6.07, 6.45) is 1.31. The summed E-state index contributed by atoms with van der Waals surface area (Å²) in [6.45, 7) is 1.70. The molecule has 20 heavy (non-hydrogen) atoms. The van der Waals surface area contributed by atoms with E-state index in [0.717, 1.165) is 23.5 Å². The van der Waals surface area contributed by atoms with Gasteiger partial charge in [0, 0.05) is 32.1 Å². The van der Waals surface area contributed by atoms with Crippen molar-refractivity contribution in [3.8, 4) is 11.5 Å². The van der Waals surface area contributed by atoms with Gasteiger partial charge in [-0.1, -0.05) is 6.07 Å². The highest BCUT2D eigenvalue weighted by Gasteiger charge is 2.20. The molecule has 1 aliphatic heterocycles. The van der Waals surface area contributed by atoms with Gasteiger partial charge in [-0.25, -0.2) is 0 Å². The summed E-state index contributed by atoms with van der Waals surface area (Å²) in [5.41, 5.74) is 1.16. The molecule has 1 aromatic rings. The Labute approximate surface area is 119 Å². The molecule has 0 radical (unpaired) electrons. The number of rotatable bonds is 6. The number of carbonyl (C=O) groups excluding carboxylic acids is 1. The molecule has 0 aliphatic carbocycles. The van der Waals surface area contributed by atoms with Crippen LogP contribution < -0.4 is 14.8 Å². The van der Waals surface area contributed by atoms with Crippen LogP contribution in [-0.4, -0.2) is 39.9 Å². The molecule has 1 atom stereocenters. The zero-order valence-corrected chi connectivity index (χ0v) is 12.0. The minimum absolute atomic E-state index is 0.0207. The fraction of sp³-hybridized carbons (Fsp3) is 0.533. The van der Waals surface area contributed by atoms with Crippen LogP contribution in [0.25, 0.3) is 0 Å². The van der Waals surface area contributed by atoms with Crippen molar-refractivity contribution in [2.45, 2.75) is 12.8 Å². The lowest BCUT2D eigenvalue weighted by molar-refractivity contribution is -0.122. The van der Waals surface area contributed by atoms with Crippen molar-refractivity contribution < 1.29 is 19.0 Å².